The average Bonchev–Trinajstić information content (AvgIpc) is 2.08. The second kappa shape index (κ2) is 5.54. The summed E-state index contributed by atoms with van der Waals surface area (Å²) in [5, 5.41) is 8.70. The van der Waals surface area contributed by atoms with Gasteiger partial charge in [0.2, 0.25) is 0 Å². The normalized spacial score (nSPS) is 12.0. The maximum Gasteiger partial charge on any atom is 0.128 e. The zero-order chi connectivity index (χ0) is 9.14. The molecule has 0 aliphatic heterocycles. The van der Waals surface area contributed by atoms with Crippen LogP contribution in [0.3, 0.4) is 0 Å². The lowest BCUT2D eigenvalue weighted by molar-refractivity contribution is 0.265. The van der Waals surface area contributed by atoms with Gasteiger partial charge >= 0.3 is 0 Å². The molecule has 13 heavy (non-hydrogen) atoms. The summed E-state index contributed by atoms with van der Waals surface area (Å²) in [5.74, 6) is -0.389. The molecular formula is C8H10BrClFNO. The molecule has 0 aromatic heterocycles. The van der Waals surface area contributed by atoms with Crippen molar-refractivity contribution in [1.82, 2.24) is 0 Å². The number of hydrogen-bond acceptors (Lipinski definition) is 2. The van der Waals surface area contributed by atoms with Gasteiger partial charge in [0.05, 0.1) is 12.6 Å². The Morgan fingerprint density at radius 1 is 1.54 bits per heavy atom. The first kappa shape index (κ1) is 12.8. The number of rotatable bonds is 2. The van der Waals surface area contributed by atoms with Gasteiger partial charge in [0, 0.05) is 10.0 Å². The van der Waals surface area contributed by atoms with E-state index in [-0.39, 0.29) is 24.8 Å². The van der Waals surface area contributed by atoms with Crippen molar-refractivity contribution in [1.29, 1.82) is 0 Å². The zero-order valence-corrected chi connectivity index (χ0v) is 9.11. The minimum atomic E-state index is -0.650. The number of hydrogen-bond donors (Lipinski definition) is 2. The van der Waals surface area contributed by atoms with Gasteiger partial charge in [-0.25, -0.2) is 4.39 Å². The summed E-state index contributed by atoms with van der Waals surface area (Å²) in [6.07, 6.45) is 0. The van der Waals surface area contributed by atoms with E-state index >= 15 is 0 Å². The highest BCUT2D eigenvalue weighted by atomic mass is 79.9. The van der Waals surface area contributed by atoms with Gasteiger partial charge in [-0.05, 0) is 18.2 Å². The fourth-order valence-electron chi connectivity index (χ4n) is 0.897. The second-order valence-electron chi connectivity index (χ2n) is 2.45. The number of benzene rings is 1. The molecule has 0 aliphatic rings. The summed E-state index contributed by atoms with van der Waals surface area (Å²) < 4.78 is 13.7. The minimum absolute atomic E-state index is 0. The first-order chi connectivity index (χ1) is 5.65. The summed E-state index contributed by atoms with van der Waals surface area (Å²) in [6.45, 7) is -0.257. The van der Waals surface area contributed by atoms with Crippen LogP contribution in [-0.2, 0) is 0 Å². The highest BCUT2D eigenvalue weighted by Gasteiger charge is 2.09. The van der Waals surface area contributed by atoms with Crippen LogP contribution in [0.1, 0.15) is 11.6 Å². The van der Waals surface area contributed by atoms with Gasteiger partial charge in [-0.2, -0.15) is 0 Å². The van der Waals surface area contributed by atoms with Crippen molar-refractivity contribution in [3.63, 3.8) is 0 Å². The van der Waals surface area contributed by atoms with Crippen molar-refractivity contribution in [2.45, 2.75) is 6.04 Å². The Morgan fingerprint density at radius 2 is 2.15 bits per heavy atom. The van der Waals surface area contributed by atoms with Crippen molar-refractivity contribution in [3.8, 4) is 0 Å². The molecule has 0 unspecified atom stereocenters. The number of aliphatic hydroxyl groups excluding tert-OH is 1. The summed E-state index contributed by atoms with van der Waals surface area (Å²) in [4.78, 5) is 0. The van der Waals surface area contributed by atoms with Crippen LogP contribution in [-0.4, -0.2) is 11.7 Å². The molecule has 0 saturated heterocycles. The summed E-state index contributed by atoms with van der Waals surface area (Å²) in [5.41, 5.74) is 5.78. The Bertz CT molecular complexity index is 285. The van der Waals surface area contributed by atoms with E-state index in [4.69, 9.17) is 10.8 Å². The van der Waals surface area contributed by atoms with Crippen LogP contribution in [0.5, 0.6) is 0 Å². The molecule has 5 heteroatoms. The molecule has 0 aliphatic carbocycles. The third-order valence-corrected chi connectivity index (χ3v) is 2.05. The summed E-state index contributed by atoms with van der Waals surface area (Å²) in [7, 11) is 0. The van der Waals surface area contributed by atoms with Crippen molar-refractivity contribution in [2.24, 2.45) is 5.73 Å². The third-order valence-electron chi connectivity index (χ3n) is 1.55. The first-order valence-electron chi connectivity index (χ1n) is 3.46. The van der Waals surface area contributed by atoms with E-state index in [2.05, 4.69) is 15.9 Å². The zero-order valence-electron chi connectivity index (χ0n) is 6.71. The fourth-order valence-corrected chi connectivity index (χ4v) is 1.28. The molecule has 1 rings (SSSR count). The Labute approximate surface area is 90.5 Å². The predicted octanol–water partition coefficient (Wildman–Crippen LogP) is 2.00. The standard InChI is InChI=1S/C8H9BrFNO.ClH/c9-5-1-2-7(10)6(3-5)8(11)4-12;/h1-3,8,12H,4,11H2;1H/t8-;/m0./s1. The molecule has 0 heterocycles. The highest BCUT2D eigenvalue weighted by molar-refractivity contribution is 9.10. The quantitative estimate of drug-likeness (QED) is 0.863. The topological polar surface area (TPSA) is 46.2 Å². The Balaban J connectivity index is 0.00000144. The predicted molar refractivity (Wildman–Crippen MR) is 55.4 cm³/mol. The minimum Gasteiger partial charge on any atom is -0.394 e. The van der Waals surface area contributed by atoms with Crippen LogP contribution in [0.25, 0.3) is 0 Å². The molecule has 2 nitrogen and oxygen atoms in total. The van der Waals surface area contributed by atoms with E-state index in [0.29, 0.717) is 5.56 Å². The summed E-state index contributed by atoms with van der Waals surface area (Å²) in [6, 6.07) is 3.82. The largest absolute Gasteiger partial charge is 0.394 e. The lowest BCUT2D eigenvalue weighted by Gasteiger charge is -2.09. The SMILES string of the molecule is Cl.N[C@@H](CO)c1cc(Br)ccc1F. The summed E-state index contributed by atoms with van der Waals surface area (Å²) >= 11 is 3.19. The van der Waals surface area contributed by atoms with Crippen LogP contribution >= 0.6 is 28.3 Å². The molecule has 1 aromatic carbocycles. The molecule has 0 radical (unpaired) electrons. The van der Waals surface area contributed by atoms with E-state index in [9.17, 15) is 4.39 Å². The molecule has 0 bridgehead atoms. The van der Waals surface area contributed by atoms with Gasteiger partial charge in [-0.3, -0.25) is 0 Å². The number of aliphatic hydroxyl groups is 1. The third kappa shape index (κ3) is 3.23. The van der Waals surface area contributed by atoms with E-state index < -0.39 is 6.04 Å². The van der Waals surface area contributed by atoms with Crippen LogP contribution in [0.15, 0.2) is 22.7 Å². The first-order valence-corrected chi connectivity index (χ1v) is 4.26. The van der Waals surface area contributed by atoms with Gasteiger partial charge in [0.25, 0.3) is 0 Å². The molecule has 3 N–H and O–H groups in total. The van der Waals surface area contributed by atoms with Gasteiger partial charge in [-0.15, -0.1) is 12.4 Å². The smallest absolute Gasteiger partial charge is 0.128 e. The van der Waals surface area contributed by atoms with Gasteiger partial charge in [0.15, 0.2) is 0 Å². The van der Waals surface area contributed by atoms with E-state index in [0.717, 1.165) is 4.47 Å². The monoisotopic (exact) mass is 269 g/mol. The maximum absolute atomic E-state index is 13.0. The Kier molecular flexibility index (Phi) is 5.48. The average molecular weight is 271 g/mol. The van der Waals surface area contributed by atoms with Crippen LogP contribution in [0, 0.1) is 5.82 Å². The Morgan fingerprint density at radius 3 is 2.69 bits per heavy atom. The fraction of sp³-hybridized carbons (Fsp3) is 0.250. The van der Waals surface area contributed by atoms with Crippen LogP contribution in [0.2, 0.25) is 0 Å². The van der Waals surface area contributed by atoms with Gasteiger partial charge in [-0.1, -0.05) is 15.9 Å². The van der Waals surface area contributed by atoms with E-state index in [1.54, 1.807) is 12.1 Å². The van der Waals surface area contributed by atoms with Gasteiger partial charge in [0.1, 0.15) is 5.82 Å². The van der Waals surface area contributed by atoms with Crippen molar-refractivity contribution in [3.05, 3.63) is 34.1 Å². The molecule has 74 valence electrons. The maximum atomic E-state index is 13.0. The molecule has 0 spiro atoms. The second-order valence-corrected chi connectivity index (χ2v) is 3.37. The highest BCUT2D eigenvalue weighted by Crippen LogP contribution is 2.19. The van der Waals surface area contributed by atoms with E-state index in [1.165, 1.54) is 6.07 Å². The molecule has 0 fully saturated rings. The molecule has 0 saturated carbocycles. The lowest BCUT2D eigenvalue weighted by atomic mass is 10.1. The van der Waals surface area contributed by atoms with E-state index in [1.807, 2.05) is 0 Å². The van der Waals surface area contributed by atoms with Crippen LogP contribution in [0.4, 0.5) is 4.39 Å². The molecule has 1 aromatic rings. The number of halogens is 3. The lowest BCUT2D eigenvalue weighted by Crippen LogP contribution is -2.15. The van der Waals surface area contributed by atoms with Crippen molar-refractivity contribution >= 4 is 28.3 Å². The number of nitrogens with two attached hydrogens (primary N) is 1. The Hall–Kier alpha value is -0.160. The van der Waals surface area contributed by atoms with Crippen LogP contribution < -0.4 is 5.73 Å². The molecular weight excluding hydrogens is 260 g/mol. The molecule has 1 atom stereocenters. The van der Waals surface area contributed by atoms with Gasteiger partial charge < -0.3 is 10.8 Å². The molecule has 0 amide bonds. The van der Waals surface area contributed by atoms with Crippen molar-refractivity contribution < 1.29 is 9.50 Å². The van der Waals surface area contributed by atoms with Crippen molar-refractivity contribution in [2.75, 3.05) is 6.61 Å².